The van der Waals surface area contributed by atoms with Crippen molar-refractivity contribution < 1.29 is 19.4 Å². The third-order valence-electron chi connectivity index (χ3n) is 2.28. The molecule has 1 aromatic rings. The molecule has 1 unspecified atom stereocenters. The number of hydrogen-bond donors (Lipinski definition) is 1. The van der Waals surface area contributed by atoms with Crippen molar-refractivity contribution in [3.05, 3.63) is 29.8 Å². The first-order valence-electron chi connectivity index (χ1n) is 5.75. The van der Waals surface area contributed by atoms with Gasteiger partial charge in [-0.2, -0.15) is 0 Å². The van der Waals surface area contributed by atoms with Crippen molar-refractivity contribution in [2.75, 3.05) is 6.61 Å². The van der Waals surface area contributed by atoms with Gasteiger partial charge in [-0.3, -0.25) is 4.79 Å². The van der Waals surface area contributed by atoms with Gasteiger partial charge in [0.05, 0.1) is 12.2 Å². The second-order valence-corrected chi connectivity index (χ2v) is 4.88. The standard InChI is InChI=1S/C13H16O4S/c1-3-11(13(16)17-4-2)18-10-7-5-6-9(8-10)12(14)15/h5-8,11H,3-4H2,1-2H3,(H,14,15). The lowest BCUT2D eigenvalue weighted by molar-refractivity contribution is -0.142. The van der Waals surface area contributed by atoms with Crippen molar-refractivity contribution in [2.45, 2.75) is 30.4 Å². The van der Waals surface area contributed by atoms with Crippen LogP contribution in [-0.2, 0) is 9.53 Å². The number of carbonyl (C=O) groups is 2. The molecule has 0 amide bonds. The van der Waals surface area contributed by atoms with Crippen molar-refractivity contribution >= 4 is 23.7 Å². The first-order chi connectivity index (χ1) is 8.58. The van der Waals surface area contributed by atoms with Gasteiger partial charge in [-0.25, -0.2) is 4.79 Å². The molecule has 0 spiro atoms. The molecule has 1 N–H and O–H groups in total. The van der Waals surface area contributed by atoms with Crippen LogP contribution in [0.4, 0.5) is 0 Å². The number of esters is 1. The van der Waals surface area contributed by atoms with E-state index in [1.165, 1.54) is 17.8 Å². The van der Waals surface area contributed by atoms with Gasteiger partial charge in [-0.1, -0.05) is 13.0 Å². The number of aromatic carboxylic acids is 1. The number of benzene rings is 1. The van der Waals surface area contributed by atoms with Crippen LogP contribution >= 0.6 is 11.8 Å². The number of carbonyl (C=O) groups excluding carboxylic acids is 1. The second-order valence-electron chi connectivity index (χ2n) is 3.60. The average molecular weight is 268 g/mol. The highest BCUT2D eigenvalue weighted by Crippen LogP contribution is 2.27. The van der Waals surface area contributed by atoms with Crippen molar-refractivity contribution in [1.82, 2.24) is 0 Å². The minimum absolute atomic E-state index is 0.221. The Morgan fingerprint density at radius 2 is 2.11 bits per heavy atom. The molecule has 1 atom stereocenters. The first-order valence-corrected chi connectivity index (χ1v) is 6.63. The number of thioether (sulfide) groups is 1. The maximum absolute atomic E-state index is 11.6. The molecule has 0 aromatic heterocycles. The highest BCUT2D eigenvalue weighted by molar-refractivity contribution is 8.00. The largest absolute Gasteiger partial charge is 0.478 e. The van der Waals surface area contributed by atoms with Gasteiger partial charge in [0.2, 0.25) is 0 Å². The Labute approximate surface area is 110 Å². The van der Waals surface area contributed by atoms with Crippen LogP contribution < -0.4 is 0 Å². The summed E-state index contributed by atoms with van der Waals surface area (Å²) in [5.74, 6) is -1.23. The van der Waals surface area contributed by atoms with E-state index < -0.39 is 5.97 Å². The quantitative estimate of drug-likeness (QED) is 0.635. The minimum Gasteiger partial charge on any atom is -0.478 e. The van der Waals surface area contributed by atoms with Gasteiger partial charge in [-0.15, -0.1) is 11.8 Å². The van der Waals surface area contributed by atoms with Gasteiger partial charge >= 0.3 is 11.9 Å². The molecule has 0 radical (unpaired) electrons. The molecular formula is C13H16O4S. The van der Waals surface area contributed by atoms with E-state index >= 15 is 0 Å². The molecule has 1 rings (SSSR count). The van der Waals surface area contributed by atoms with Crippen molar-refractivity contribution in [1.29, 1.82) is 0 Å². The zero-order chi connectivity index (χ0) is 13.5. The predicted octanol–water partition coefficient (Wildman–Crippen LogP) is 2.82. The van der Waals surface area contributed by atoms with E-state index in [0.29, 0.717) is 13.0 Å². The molecule has 0 heterocycles. The van der Waals surface area contributed by atoms with Gasteiger partial charge in [0.15, 0.2) is 0 Å². The van der Waals surface area contributed by atoms with Gasteiger partial charge in [-0.05, 0) is 31.5 Å². The summed E-state index contributed by atoms with van der Waals surface area (Å²) in [5.41, 5.74) is 0.221. The maximum atomic E-state index is 11.6. The van der Waals surface area contributed by atoms with Crippen LogP contribution in [-0.4, -0.2) is 28.9 Å². The molecule has 18 heavy (non-hydrogen) atoms. The summed E-state index contributed by atoms with van der Waals surface area (Å²) in [6, 6.07) is 6.55. The molecule has 4 nitrogen and oxygen atoms in total. The number of carboxylic acid groups (broad SMARTS) is 1. The topological polar surface area (TPSA) is 63.6 Å². The lowest BCUT2D eigenvalue weighted by atomic mass is 10.2. The fourth-order valence-electron chi connectivity index (χ4n) is 1.40. The molecule has 0 aliphatic rings. The monoisotopic (exact) mass is 268 g/mol. The van der Waals surface area contributed by atoms with Gasteiger partial charge in [0, 0.05) is 4.90 Å². The summed E-state index contributed by atoms with van der Waals surface area (Å²) < 4.78 is 4.97. The number of ether oxygens (including phenoxy) is 1. The molecule has 98 valence electrons. The fraction of sp³-hybridized carbons (Fsp3) is 0.385. The molecule has 0 aliphatic carbocycles. The van der Waals surface area contributed by atoms with Crippen LogP contribution in [0.15, 0.2) is 29.2 Å². The molecule has 0 saturated carbocycles. The SMILES string of the molecule is CCOC(=O)C(CC)Sc1cccc(C(=O)O)c1. The summed E-state index contributed by atoms with van der Waals surface area (Å²) in [5, 5.41) is 8.60. The average Bonchev–Trinajstić information content (AvgIpc) is 2.36. The molecular weight excluding hydrogens is 252 g/mol. The molecule has 1 aromatic carbocycles. The van der Waals surface area contributed by atoms with Crippen LogP contribution in [0, 0.1) is 0 Å². The number of rotatable bonds is 6. The van der Waals surface area contributed by atoms with Gasteiger partial charge in [0.25, 0.3) is 0 Å². The minimum atomic E-state index is -0.971. The Bertz CT molecular complexity index is 431. The molecule has 0 fully saturated rings. The van der Waals surface area contributed by atoms with E-state index in [4.69, 9.17) is 9.84 Å². The van der Waals surface area contributed by atoms with Crippen molar-refractivity contribution in [3.8, 4) is 0 Å². The zero-order valence-electron chi connectivity index (χ0n) is 10.4. The first kappa shape index (κ1) is 14.6. The molecule has 0 bridgehead atoms. The Morgan fingerprint density at radius 1 is 1.39 bits per heavy atom. The second kappa shape index (κ2) is 7.06. The third-order valence-corrected chi connectivity index (χ3v) is 3.62. The van der Waals surface area contributed by atoms with E-state index in [1.54, 1.807) is 25.1 Å². The van der Waals surface area contributed by atoms with E-state index in [-0.39, 0.29) is 16.8 Å². The number of carboxylic acids is 1. The lowest BCUT2D eigenvalue weighted by Crippen LogP contribution is -2.19. The predicted molar refractivity (Wildman–Crippen MR) is 70.0 cm³/mol. The van der Waals surface area contributed by atoms with Crippen LogP contribution in [0.1, 0.15) is 30.6 Å². The normalized spacial score (nSPS) is 11.9. The van der Waals surface area contributed by atoms with E-state index in [9.17, 15) is 9.59 Å². The van der Waals surface area contributed by atoms with Crippen molar-refractivity contribution in [3.63, 3.8) is 0 Å². The van der Waals surface area contributed by atoms with Crippen LogP contribution in [0.3, 0.4) is 0 Å². The van der Waals surface area contributed by atoms with Crippen LogP contribution in [0.2, 0.25) is 0 Å². The van der Waals surface area contributed by atoms with Crippen LogP contribution in [0.5, 0.6) is 0 Å². The van der Waals surface area contributed by atoms with E-state index in [1.807, 2.05) is 6.92 Å². The highest BCUT2D eigenvalue weighted by atomic mass is 32.2. The number of hydrogen-bond acceptors (Lipinski definition) is 4. The van der Waals surface area contributed by atoms with Crippen molar-refractivity contribution in [2.24, 2.45) is 0 Å². The Hall–Kier alpha value is -1.49. The molecule has 5 heteroatoms. The fourth-order valence-corrected chi connectivity index (χ4v) is 2.41. The van der Waals surface area contributed by atoms with Gasteiger partial charge < -0.3 is 9.84 Å². The Balaban J connectivity index is 2.78. The van der Waals surface area contributed by atoms with E-state index in [2.05, 4.69) is 0 Å². The summed E-state index contributed by atoms with van der Waals surface area (Å²) in [6.07, 6.45) is 0.640. The summed E-state index contributed by atoms with van der Waals surface area (Å²) >= 11 is 1.33. The van der Waals surface area contributed by atoms with Gasteiger partial charge in [0.1, 0.15) is 5.25 Å². The maximum Gasteiger partial charge on any atom is 0.335 e. The highest BCUT2D eigenvalue weighted by Gasteiger charge is 2.19. The lowest BCUT2D eigenvalue weighted by Gasteiger charge is -2.13. The third kappa shape index (κ3) is 4.07. The summed E-state index contributed by atoms with van der Waals surface area (Å²) in [7, 11) is 0. The van der Waals surface area contributed by atoms with Crippen LogP contribution in [0.25, 0.3) is 0 Å². The molecule has 0 aliphatic heterocycles. The Kier molecular flexibility index (Phi) is 5.71. The Morgan fingerprint density at radius 3 is 2.67 bits per heavy atom. The summed E-state index contributed by atoms with van der Waals surface area (Å²) in [6.45, 7) is 4.01. The smallest absolute Gasteiger partial charge is 0.335 e. The zero-order valence-corrected chi connectivity index (χ0v) is 11.2. The van der Waals surface area contributed by atoms with E-state index in [0.717, 1.165) is 4.90 Å². The molecule has 0 saturated heterocycles. The summed E-state index contributed by atoms with van der Waals surface area (Å²) in [4.78, 5) is 23.2.